The van der Waals surface area contributed by atoms with E-state index in [1.54, 1.807) is 6.92 Å². The molecule has 0 amide bonds. The van der Waals surface area contributed by atoms with Crippen molar-refractivity contribution in [1.29, 1.82) is 0 Å². The van der Waals surface area contributed by atoms with Crippen molar-refractivity contribution in [2.24, 2.45) is 0 Å². The molecule has 0 atom stereocenters. The highest BCUT2D eigenvalue weighted by molar-refractivity contribution is 9.10. The molecule has 0 spiro atoms. The Labute approximate surface area is 108 Å². The van der Waals surface area contributed by atoms with Crippen LogP contribution < -0.4 is 0 Å². The largest absolute Gasteiger partial charge is 0.466 e. The van der Waals surface area contributed by atoms with Gasteiger partial charge in [0.15, 0.2) is 0 Å². The normalized spacial score (nSPS) is 10.8. The van der Waals surface area contributed by atoms with E-state index in [-0.39, 0.29) is 12.4 Å². The molecule has 90 valence electrons. The molecule has 2 rings (SSSR count). The van der Waals surface area contributed by atoms with Gasteiger partial charge in [-0.1, -0.05) is 0 Å². The fourth-order valence-corrected chi connectivity index (χ4v) is 2.29. The van der Waals surface area contributed by atoms with Gasteiger partial charge in [0.05, 0.1) is 18.7 Å². The zero-order valence-electron chi connectivity index (χ0n) is 9.74. The van der Waals surface area contributed by atoms with Crippen LogP contribution in [-0.2, 0) is 16.0 Å². The molecule has 0 aliphatic heterocycles. The topological polar surface area (TPSA) is 43.6 Å². The minimum atomic E-state index is -0.243. The van der Waals surface area contributed by atoms with E-state index in [4.69, 9.17) is 4.74 Å². The number of aromatic nitrogens is 2. The molecule has 5 heteroatoms. The lowest BCUT2D eigenvalue weighted by Crippen LogP contribution is -2.07. The van der Waals surface area contributed by atoms with Crippen LogP contribution in [0.5, 0.6) is 0 Å². The molecule has 0 fully saturated rings. The van der Waals surface area contributed by atoms with Crippen molar-refractivity contribution in [1.82, 2.24) is 9.38 Å². The molecule has 0 unspecified atom stereocenters. The second-order valence-corrected chi connectivity index (χ2v) is 4.70. The van der Waals surface area contributed by atoms with Crippen LogP contribution in [0.25, 0.3) is 5.65 Å². The zero-order valence-corrected chi connectivity index (χ0v) is 11.3. The minimum absolute atomic E-state index is 0.215. The van der Waals surface area contributed by atoms with Gasteiger partial charge in [0.2, 0.25) is 0 Å². The average molecular weight is 297 g/mol. The van der Waals surface area contributed by atoms with E-state index in [0.717, 1.165) is 21.4 Å². The van der Waals surface area contributed by atoms with Gasteiger partial charge in [-0.3, -0.25) is 4.79 Å². The number of esters is 1. The summed E-state index contributed by atoms with van der Waals surface area (Å²) in [5.41, 5.74) is 2.66. The number of carbonyl (C=O) groups is 1. The second-order valence-electron chi connectivity index (χ2n) is 3.79. The van der Waals surface area contributed by atoms with Crippen LogP contribution >= 0.6 is 15.9 Å². The number of carbonyl (C=O) groups excluding carboxylic acids is 1. The van der Waals surface area contributed by atoms with Gasteiger partial charge in [0, 0.05) is 16.9 Å². The highest BCUT2D eigenvalue weighted by Crippen LogP contribution is 2.17. The fourth-order valence-electron chi connectivity index (χ4n) is 1.72. The lowest BCUT2D eigenvalue weighted by atomic mass is 10.3. The van der Waals surface area contributed by atoms with Gasteiger partial charge in [-0.25, -0.2) is 4.98 Å². The fraction of sp³-hybridized carbons (Fsp3) is 0.333. The Morgan fingerprint density at radius 1 is 1.53 bits per heavy atom. The van der Waals surface area contributed by atoms with E-state index in [0.29, 0.717) is 6.61 Å². The summed E-state index contributed by atoms with van der Waals surface area (Å²) in [6.07, 6.45) is 3.99. The van der Waals surface area contributed by atoms with Gasteiger partial charge in [0.1, 0.15) is 5.65 Å². The Bertz CT molecular complexity index is 563. The molecular formula is C12H13BrN2O2. The standard InChI is InChI=1S/C12H13BrN2O2/c1-3-17-11(16)5-10-7-15-6-9(13)4-8(2)12(15)14-10/h4,6-7H,3,5H2,1-2H3. The van der Waals surface area contributed by atoms with Gasteiger partial charge in [-0.05, 0) is 41.4 Å². The number of aryl methyl sites for hydroxylation is 1. The van der Waals surface area contributed by atoms with Crippen LogP contribution in [-0.4, -0.2) is 22.0 Å². The van der Waals surface area contributed by atoms with Gasteiger partial charge in [0.25, 0.3) is 0 Å². The first kappa shape index (κ1) is 12.1. The maximum absolute atomic E-state index is 11.4. The Kier molecular flexibility index (Phi) is 3.47. The van der Waals surface area contributed by atoms with Gasteiger partial charge >= 0.3 is 5.97 Å². The third-order valence-corrected chi connectivity index (χ3v) is 2.82. The first-order chi connectivity index (χ1) is 8.10. The van der Waals surface area contributed by atoms with Crippen LogP contribution in [0, 0.1) is 6.92 Å². The van der Waals surface area contributed by atoms with Crippen molar-refractivity contribution in [2.75, 3.05) is 6.61 Å². The summed E-state index contributed by atoms with van der Waals surface area (Å²) in [4.78, 5) is 15.8. The summed E-state index contributed by atoms with van der Waals surface area (Å²) in [6, 6.07) is 2.00. The number of hydrogen-bond acceptors (Lipinski definition) is 3. The van der Waals surface area contributed by atoms with Crippen LogP contribution in [0.15, 0.2) is 22.9 Å². The third kappa shape index (κ3) is 2.66. The maximum Gasteiger partial charge on any atom is 0.311 e. The van der Waals surface area contributed by atoms with Crippen LogP contribution in [0.4, 0.5) is 0 Å². The summed E-state index contributed by atoms with van der Waals surface area (Å²) in [7, 11) is 0. The molecule has 0 bridgehead atoms. The summed E-state index contributed by atoms with van der Waals surface area (Å²) in [6.45, 7) is 4.18. The predicted molar refractivity (Wildman–Crippen MR) is 68.0 cm³/mol. The van der Waals surface area contributed by atoms with Crippen molar-refractivity contribution in [3.05, 3.63) is 34.2 Å². The Morgan fingerprint density at radius 3 is 3.00 bits per heavy atom. The highest BCUT2D eigenvalue weighted by atomic mass is 79.9. The number of ether oxygens (including phenoxy) is 1. The van der Waals surface area contributed by atoms with E-state index in [9.17, 15) is 4.79 Å². The number of pyridine rings is 1. The van der Waals surface area contributed by atoms with Gasteiger partial charge in [-0.15, -0.1) is 0 Å². The number of imidazole rings is 1. The van der Waals surface area contributed by atoms with Crippen molar-refractivity contribution < 1.29 is 9.53 Å². The molecule has 0 saturated carbocycles. The van der Waals surface area contributed by atoms with Crippen LogP contribution in [0.2, 0.25) is 0 Å². The van der Waals surface area contributed by atoms with E-state index < -0.39 is 0 Å². The molecule has 0 N–H and O–H groups in total. The quantitative estimate of drug-likeness (QED) is 0.818. The molecule has 0 aliphatic carbocycles. The monoisotopic (exact) mass is 296 g/mol. The molecule has 2 aromatic heterocycles. The predicted octanol–water partition coefficient (Wildman–Crippen LogP) is 2.51. The van der Waals surface area contributed by atoms with Crippen LogP contribution in [0.1, 0.15) is 18.2 Å². The van der Waals surface area contributed by atoms with Gasteiger partial charge in [-0.2, -0.15) is 0 Å². The first-order valence-corrected chi connectivity index (χ1v) is 6.19. The van der Waals surface area contributed by atoms with E-state index in [1.165, 1.54) is 0 Å². The number of nitrogens with zero attached hydrogens (tertiary/aromatic N) is 2. The number of hydrogen-bond donors (Lipinski definition) is 0. The Hall–Kier alpha value is -1.36. The molecule has 0 saturated heterocycles. The summed E-state index contributed by atoms with van der Waals surface area (Å²) >= 11 is 3.43. The van der Waals surface area contributed by atoms with Crippen molar-refractivity contribution >= 4 is 27.5 Å². The van der Waals surface area contributed by atoms with E-state index in [2.05, 4.69) is 20.9 Å². The van der Waals surface area contributed by atoms with Gasteiger partial charge < -0.3 is 9.14 Å². The molecule has 2 heterocycles. The van der Waals surface area contributed by atoms with E-state index >= 15 is 0 Å². The minimum Gasteiger partial charge on any atom is -0.466 e. The molecule has 0 radical (unpaired) electrons. The van der Waals surface area contributed by atoms with Crippen molar-refractivity contribution in [3.63, 3.8) is 0 Å². The molecule has 17 heavy (non-hydrogen) atoms. The number of halogens is 1. The van der Waals surface area contributed by atoms with Crippen molar-refractivity contribution in [2.45, 2.75) is 20.3 Å². The third-order valence-electron chi connectivity index (χ3n) is 2.38. The maximum atomic E-state index is 11.4. The SMILES string of the molecule is CCOC(=O)Cc1cn2cc(Br)cc(C)c2n1. The second kappa shape index (κ2) is 4.87. The molecule has 4 nitrogen and oxygen atoms in total. The number of rotatable bonds is 3. The van der Waals surface area contributed by atoms with Crippen LogP contribution in [0.3, 0.4) is 0 Å². The molecule has 0 aromatic carbocycles. The molecular weight excluding hydrogens is 284 g/mol. The number of fused-ring (bicyclic) bond motifs is 1. The smallest absolute Gasteiger partial charge is 0.311 e. The Balaban J connectivity index is 2.32. The zero-order chi connectivity index (χ0) is 12.4. The van der Waals surface area contributed by atoms with Crippen molar-refractivity contribution in [3.8, 4) is 0 Å². The summed E-state index contributed by atoms with van der Waals surface area (Å²) in [5.74, 6) is -0.243. The molecule has 2 aromatic rings. The molecule has 0 aliphatic rings. The first-order valence-electron chi connectivity index (χ1n) is 5.39. The lowest BCUT2D eigenvalue weighted by molar-refractivity contribution is -0.142. The average Bonchev–Trinajstić information content (AvgIpc) is 2.60. The summed E-state index contributed by atoms with van der Waals surface area (Å²) in [5, 5.41) is 0. The van der Waals surface area contributed by atoms with E-state index in [1.807, 2.05) is 29.8 Å². The summed E-state index contributed by atoms with van der Waals surface area (Å²) < 4.78 is 7.80. The lowest BCUT2D eigenvalue weighted by Gasteiger charge is -1.97. The highest BCUT2D eigenvalue weighted by Gasteiger charge is 2.09. The Morgan fingerprint density at radius 2 is 2.29 bits per heavy atom.